The number of hydrogen-bond donors (Lipinski definition) is 2. The van der Waals surface area contributed by atoms with Crippen molar-refractivity contribution in [3.8, 4) is 11.4 Å². The van der Waals surface area contributed by atoms with Crippen LogP contribution in [-0.4, -0.2) is 15.2 Å². The van der Waals surface area contributed by atoms with Crippen LogP contribution in [0.3, 0.4) is 0 Å². The summed E-state index contributed by atoms with van der Waals surface area (Å²) in [5.41, 5.74) is 6.16. The van der Waals surface area contributed by atoms with Crippen LogP contribution in [0.25, 0.3) is 11.4 Å². The lowest BCUT2D eigenvalue weighted by Gasteiger charge is -1.99. The van der Waals surface area contributed by atoms with Crippen molar-refractivity contribution in [2.75, 3.05) is 5.73 Å². The van der Waals surface area contributed by atoms with Crippen LogP contribution in [-0.2, 0) is 0 Å². The van der Waals surface area contributed by atoms with Crippen LogP contribution >= 0.6 is 27.5 Å². The molecule has 0 saturated heterocycles. The molecule has 3 N–H and O–H groups in total. The van der Waals surface area contributed by atoms with Gasteiger partial charge in [0.1, 0.15) is 0 Å². The Kier molecular flexibility index (Phi) is 2.43. The largest absolute Gasteiger partial charge is 0.366 e. The normalized spacial score (nSPS) is 10.4. The topological polar surface area (TPSA) is 67.6 Å². The van der Waals surface area contributed by atoms with Gasteiger partial charge in [0.25, 0.3) is 0 Å². The maximum Gasteiger partial charge on any atom is 0.239 e. The van der Waals surface area contributed by atoms with Crippen molar-refractivity contribution < 1.29 is 0 Å². The third-order valence-electron chi connectivity index (χ3n) is 1.69. The predicted octanol–water partition coefficient (Wildman–Crippen LogP) is 2.47. The van der Waals surface area contributed by atoms with Gasteiger partial charge in [-0.15, -0.1) is 5.10 Å². The summed E-state index contributed by atoms with van der Waals surface area (Å²) in [6.07, 6.45) is 0. The van der Waals surface area contributed by atoms with Gasteiger partial charge >= 0.3 is 0 Å². The van der Waals surface area contributed by atoms with Crippen LogP contribution in [0.5, 0.6) is 0 Å². The zero-order chi connectivity index (χ0) is 10.1. The Hall–Kier alpha value is -1.07. The molecule has 6 heteroatoms. The van der Waals surface area contributed by atoms with E-state index in [1.807, 2.05) is 12.1 Å². The van der Waals surface area contributed by atoms with Crippen molar-refractivity contribution in [3.05, 3.63) is 27.7 Å². The molecule has 4 nitrogen and oxygen atoms in total. The van der Waals surface area contributed by atoms with Crippen LogP contribution in [0.2, 0.25) is 5.02 Å². The average molecular weight is 274 g/mol. The number of nitrogen functional groups attached to an aromatic ring is 1. The predicted molar refractivity (Wildman–Crippen MR) is 58.9 cm³/mol. The Labute approximate surface area is 93.6 Å². The molecule has 0 amide bonds. The SMILES string of the molecule is Nc1n[nH]c(-c2cc(Br)ccc2Cl)n1. The summed E-state index contributed by atoms with van der Waals surface area (Å²) in [5, 5.41) is 7.03. The van der Waals surface area contributed by atoms with Gasteiger partial charge in [0.2, 0.25) is 5.95 Å². The Bertz CT molecular complexity index is 468. The maximum atomic E-state index is 5.99. The minimum absolute atomic E-state index is 0.205. The number of aromatic nitrogens is 3. The van der Waals surface area contributed by atoms with Gasteiger partial charge in [0.15, 0.2) is 5.82 Å². The van der Waals surface area contributed by atoms with E-state index in [2.05, 4.69) is 31.1 Å². The van der Waals surface area contributed by atoms with Crippen molar-refractivity contribution in [2.45, 2.75) is 0 Å². The Morgan fingerprint density at radius 2 is 2.21 bits per heavy atom. The van der Waals surface area contributed by atoms with E-state index in [0.29, 0.717) is 10.8 Å². The second-order valence-electron chi connectivity index (χ2n) is 2.67. The molecule has 2 aromatic rings. The number of benzene rings is 1. The zero-order valence-corrected chi connectivity index (χ0v) is 9.30. The molecule has 0 bridgehead atoms. The van der Waals surface area contributed by atoms with Crippen molar-refractivity contribution in [1.29, 1.82) is 0 Å². The molecule has 0 atom stereocenters. The number of nitrogens with zero attached hydrogens (tertiary/aromatic N) is 2. The van der Waals surface area contributed by atoms with E-state index in [1.54, 1.807) is 6.07 Å². The van der Waals surface area contributed by atoms with Crippen LogP contribution < -0.4 is 5.73 Å². The highest BCUT2D eigenvalue weighted by Crippen LogP contribution is 2.28. The van der Waals surface area contributed by atoms with Crippen molar-refractivity contribution in [2.24, 2.45) is 0 Å². The summed E-state index contributed by atoms with van der Waals surface area (Å²) in [6, 6.07) is 5.48. The highest BCUT2D eigenvalue weighted by Gasteiger charge is 2.07. The third kappa shape index (κ3) is 1.73. The summed E-state index contributed by atoms with van der Waals surface area (Å²) in [6.45, 7) is 0. The smallest absolute Gasteiger partial charge is 0.239 e. The molecule has 0 saturated carbocycles. The fraction of sp³-hybridized carbons (Fsp3) is 0. The lowest BCUT2D eigenvalue weighted by Crippen LogP contribution is -1.86. The van der Waals surface area contributed by atoms with Gasteiger partial charge < -0.3 is 5.73 Å². The van der Waals surface area contributed by atoms with Crippen LogP contribution in [0, 0.1) is 0 Å². The van der Waals surface area contributed by atoms with Crippen LogP contribution in [0.4, 0.5) is 5.95 Å². The fourth-order valence-corrected chi connectivity index (χ4v) is 1.64. The first kappa shape index (κ1) is 9.48. The molecule has 0 aliphatic carbocycles. The summed E-state index contributed by atoms with van der Waals surface area (Å²) < 4.78 is 0.923. The van der Waals surface area contributed by atoms with Gasteiger partial charge in [-0.25, -0.2) is 0 Å². The number of halogens is 2. The Morgan fingerprint density at radius 3 is 2.86 bits per heavy atom. The molecule has 2 rings (SSSR count). The number of hydrogen-bond acceptors (Lipinski definition) is 3. The maximum absolute atomic E-state index is 5.99. The number of nitrogens with two attached hydrogens (primary N) is 1. The van der Waals surface area contributed by atoms with Gasteiger partial charge in [0, 0.05) is 10.0 Å². The molecule has 0 aliphatic rings. The van der Waals surface area contributed by atoms with Crippen LogP contribution in [0.15, 0.2) is 22.7 Å². The minimum atomic E-state index is 0.205. The molecule has 14 heavy (non-hydrogen) atoms. The molecule has 0 fully saturated rings. The molecular weight excluding hydrogens is 267 g/mol. The second-order valence-corrected chi connectivity index (χ2v) is 3.99. The third-order valence-corrected chi connectivity index (χ3v) is 2.51. The molecule has 0 spiro atoms. The van der Waals surface area contributed by atoms with Gasteiger partial charge in [-0.1, -0.05) is 27.5 Å². The number of H-pyrrole nitrogens is 1. The highest BCUT2D eigenvalue weighted by atomic mass is 79.9. The summed E-state index contributed by atoms with van der Waals surface area (Å²) in [5.74, 6) is 0.768. The number of rotatable bonds is 1. The molecule has 0 radical (unpaired) electrons. The first-order chi connectivity index (χ1) is 6.66. The average Bonchev–Trinajstić information content (AvgIpc) is 2.56. The first-order valence-electron chi connectivity index (χ1n) is 3.80. The number of nitrogens with one attached hydrogen (secondary N) is 1. The Balaban J connectivity index is 2.55. The monoisotopic (exact) mass is 272 g/mol. The van der Waals surface area contributed by atoms with E-state index >= 15 is 0 Å². The van der Waals surface area contributed by atoms with Crippen molar-refractivity contribution >= 4 is 33.5 Å². The number of aromatic amines is 1. The van der Waals surface area contributed by atoms with Gasteiger partial charge in [-0.3, -0.25) is 5.10 Å². The van der Waals surface area contributed by atoms with E-state index in [-0.39, 0.29) is 5.95 Å². The molecular formula is C8H6BrClN4. The van der Waals surface area contributed by atoms with E-state index in [1.165, 1.54) is 0 Å². The molecule has 1 aromatic carbocycles. The quantitative estimate of drug-likeness (QED) is 0.839. The van der Waals surface area contributed by atoms with Gasteiger partial charge in [-0.05, 0) is 18.2 Å². The highest BCUT2D eigenvalue weighted by molar-refractivity contribution is 9.10. The van der Waals surface area contributed by atoms with Gasteiger partial charge in [-0.2, -0.15) is 4.98 Å². The lowest BCUT2D eigenvalue weighted by molar-refractivity contribution is 1.10. The minimum Gasteiger partial charge on any atom is -0.366 e. The molecule has 1 aromatic heterocycles. The first-order valence-corrected chi connectivity index (χ1v) is 4.97. The summed E-state index contributed by atoms with van der Waals surface area (Å²) in [4.78, 5) is 3.99. The van der Waals surface area contributed by atoms with Crippen LogP contribution in [0.1, 0.15) is 0 Å². The standard InChI is InChI=1S/C8H6BrClN4/c9-4-1-2-6(10)5(3-4)7-12-8(11)14-13-7/h1-3H,(H3,11,12,13,14). The van der Waals surface area contributed by atoms with Crippen molar-refractivity contribution in [3.63, 3.8) is 0 Å². The summed E-state index contributed by atoms with van der Waals surface area (Å²) in [7, 11) is 0. The molecule has 1 heterocycles. The second kappa shape index (κ2) is 3.59. The van der Waals surface area contributed by atoms with E-state index in [9.17, 15) is 0 Å². The van der Waals surface area contributed by atoms with Gasteiger partial charge in [0.05, 0.1) is 5.02 Å². The molecule has 72 valence electrons. The van der Waals surface area contributed by atoms with Crippen molar-refractivity contribution in [1.82, 2.24) is 15.2 Å². The number of anilines is 1. The summed E-state index contributed by atoms with van der Waals surface area (Å²) >= 11 is 9.34. The fourth-order valence-electron chi connectivity index (χ4n) is 1.07. The Morgan fingerprint density at radius 1 is 1.43 bits per heavy atom. The van der Waals surface area contributed by atoms with E-state index < -0.39 is 0 Å². The zero-order valence-electron chi connectivity index (χ0n) is 6.96. The molecule has 0 aliphatic heterocycles. The molecule has 0 unspecified atom stereocenters. The lowest BCUT2D eigenvalue weighted by atomic mass is 10.2. The van der Waals surface area contributed by atoms with E-state index in [4.69, 9.17) is 17.3 Å². The van der Waals surface area contributed by atoms with E-state index in [0.717, 1.165) is 10.0 Å².